The second-order valence-electron chi connectivity index (χ2n) is 7.59. The molecule has 3 aromatic carbocycles. The Bertz CT molecular complexity index is 1190. The van der Waals surface area contributed by atoms with Crippen molar-refractivity contribution >= 4 is 32.5 Å². The second-order valence-corrected chi connectivity index (χ2v) is 9.53. The first-order valence-corrected chi connectivity index (χ1v) is 11.4. The van der Waals surface area contributed by atoms with Crippen LogP contribution in [0.2, 0.25) is 0 Å². The number of piperazine rings is 1. The van der Waals surface area contributed by atoms with Crippen molar-refractivity contribution in [2.45, 2.75) is 18.7 Å². The monoisotopic (exact) mass is 423 g/mol. The van der Waals surface area contributed by atoms with Crippen LogP contribution in [-0.2, 0) is 10.0 Å². The molecule has 1 N–H and O–H groups in total. The normalized spacial score (nSPS) is 15.3. The number of amides is 2. The highest BCUT2D eigenvalue weighted by atomic mass is 32.2. The molecule has 0 radical (unpaired) electrons. The van der Waals surface area contributed by atoms with Gasteiger partial charge in [-0.1, -0.05) is 42.5 Å². The number of nitrogens with zero attached hydrogens (tertiary/aromatic N) is 2. The first-order chi connectivity index (χ1) is 14.4. The molecule has 7 heteroatoms. The minimum absolute atomic E-state index is 0.213. The molecule has 1 saturated heterocycles. The molecule has 2 amide bonds. The Kier molecular flexibility index (Phi) is 5.49. The number of urea groups is 1. The lowest BCUT2D eigenvalue weighted by atomic mass is 10.1. The van der Waals surface area contributed by atoms with Crippen LogP contribution in [0, 0.1) is 13.8 Å². The molecule has 4 rings (SSSR count). The number of carbonyl (C=O) groups is 1. The van der Waals surface area contributed by atoms with Crippen LogP contribution in [-0.4, -0.2) is 49.8 Å². The van der Waals surface area contributed by atoms with Crippen molar-refractivity contribution in [3.05, 3.63) is 71.8 Å². The zero-order valence-electron chi connectivity index (χ0n) is 17.1. The molecule has 1 aliphatic rings. The predicted molar refractivity (Wildman–Crippen MR) is 119 cm³/mol. The topological polar surface area (TPSA) is 69.7 Å². The van der Waals surface area contributed by atoms with Gasteiger partial charge in [0.15, 0.2) is 0 Å². The number of nitrogens with one attached hydrogen (secondary N) is 1. The molecule has 0 atom stereocenters. The highest BCUT2D eigenvalue weighted by Crippen LogP contribution is 2.24. The Balaban J connectivity index is 1.43. The standard InChI is InChI=1S/C23H25N3O3S/c1-17-10-11-20(16-18(17)2)30(28,29)26-14-12-25(13-15-26)23(27)24-22-9-5-7-19-6-3-4-8-21(19)22/h3-11,16H,12-15H2,1-2H3,(H,24,27). The fourth-order valence-corrected chi connectivity index (χ4v) is 5.19. The second kappa shape index (κ2) is 8.08. The molecule has 156 valence electrons. The van der Waals surface area contributed by atoms with Crippen LogP contribution < -0.4 is 5.32 Å². The summed E-state index contributed by atoms with van der Waals surface area (Å²) in [5.41, 5.74) is 2.76. The Morgan fingerprint density at radius 2 is 1.57 bits per heavy atom. The van der Waals surface area contributed by atoms with Crippen molar-refractivity contribution in [2.24, 2.45) is 0 Å². The van der Waals surface area contributed by atoms with E-state index < -0.39 is 10.0 Å². The summed E-state index contributed by atoms with van der Waals surface area (Å²) in [6.45, 7) is 5.11. The van der Waals surface area contributed by atoms with Gasteiger partial charge >= 0.3 is 6.03 Å². The third-order valence-electron chi connectivity index (χ3n) is 5.67. The van der Waals surface area contributed by atoms with E-state index in [4.69, 9.17) is 0 Å². The van der Waals surface area contributed by atoms with E-state index in [-0.39, 0.29) is 19.1 Å². The molecule has 0 aliphatic carbocycles. The number of hydrogen-bond donors (Lipinski definition) is 1. The predicted octanol–water partition coefficient (Wildman–Crippen LogP) is 4.00. The average Bonchev–Trinajstić information content (AvgIpc) is 2.76. The summed E-state index contributed by atoms with van der Waals surface area (Å²) in [5.74, 6) is 0. The van der Waals surface area contributed by atoms with Crippen molar-refractivity contribution in [3.8, 4) is 0 Å². The number of carbonyl (C=O) groups excluding carboxylic acids is 1. The molecule has 1 aliphatic heterocycles. The highest BCUT2D eigenvalue weighted by Gasteiger charge is 2.30. The average molecular weight is 424 g/mol. The minimum Gasteiger partial charge on any atom is -0.322 e. The van der Waals surface area contributed by atoms with Gasteiger partial charge in [-0.2, -0.15) is 4.31 Å². The van der Waals surface area contributed by atoms with E-state index >= 15 is 0 Å². The van der Waals surface area contributed by atoms with Gasteiger partial charge in [0.2, 0.25) is 10.0 Å². The van der Waals surface area contributed by atoms with Crippen LogP contribution in [0.3, 0.4) is 0 Å². The van der Waals surface area contributed by atoms with E-state index in [1.54, 1.807) is 17.0 Å². The fraction of sp³-hybridized carbons (Fsp3) is 0.261. The maximum Gasteiger partial charge on any atom is 0.321 e. The van der Waals surface area contributed by atoms with E-state index in [1.165, 1.54) is 4.31 Å². The summed E-state index contributed by atoms with van der Waals surface area (Å²) in [4.78, 5) is 14.7. The van der Waals surface area contributed by atoms with Crippen molar-refractivity contribution in [2.75, 3.05) is 31.5 Å². The molecular weight excluding hydrogens is 398 g/mol. The SMILES string of the molecule is Cc1ccc(S(=O)(=O)N2CCN(C(=O)Nc3cccc4ccccc34)CC2)cc1C. The van der Waals surface area contributed by atoms with Crippen molar-refractivity contribution < 1.29 is 13.2 Å². The zero-order valence-corrected chi connectivity index (χ0v) is 17.9. The summed E-state index contributed by atoms with van der Waals surface area (Å²) in [6.07, 6.45) is 0. The van der Waals surface area contributed by atoms with Crippen LogP contribution in [0.4, 0.5) is 10.5 Å². The van der Waals surface area contributed by atoms with Gasteiger partial charge in [-0.05, 0) is 48.6 Å². The van der Waals surface area contributed by atoms with Crippen LogP contribution in [0.5, 0.6) is 0 Å². The number of fused-ring (bicyclic) bond motifs is 1. The number of hydrogen-bond acceptors (Lipinski definition) is 3. The summed E-state index contributed by atoms with van der Waals surface area (Å²) >= 11 is 0. The fourth-order valence-electron chi connectivity index (χ4n) is 3.68. The van der Waals surface area contributed by atoms with Gasteiger partial charge in [0.1, 0.15) is 0 Å². The lowest BCUT2D eigenvalue weighted by Crippen LogP contribution is -2.51. The first kappa shape index (κ1) is 20.4. The van der Waals surface area contributed by atoms with Gasteiger partial charge in [-0.3, -0.25) is 0 Å². The first-order valence-electron chi connectivity index (χ1n) is 9.97. The van der Waals surface area contributed by atoms with Gasteiger partial charge in [-0.15, -0.1) is 0 Å². The molecule has 1 heterocycles. The zero-order chi connectivity index (χ0) is 21.3. The molecular formula is C23H25N3O3S. The molecule has 0 aromatic heterocycles. The third kappa shape index (κ3) is 3.91. The molecule has 0 unspecified atom stereocenters. The van der Waals surface area contributed by atoms with E-state index in [0.29, 0.717) is 18.0 Å². The lowest BCUT2D eigenvalue weighted by molar-refractivity contribution is 0.184. The lowest BCUT2D eigenvalue weighted by Gasteiger charge is -2.34. The Morgan fingerprint density at radius 1 is 0.867 bits per heavy atom. The van der Waals surface area contributed by atoms with Crippen LogP contribution in [0.1, 0.15) is 11.1 Å². The van der Waals surface area contributed by atoms with Gasteiger partial charge in [-0.25, -0.2) is 13.2 Å². The quantitative estimate of drug-likeness (QED) is 0.692. The Morgan fingerprint density at radius 3 is 2.30 bits per heavy atom. The van der Waals surface area contributed by atoms with E-state index in [2.05, 4.69) is 5.32 Å². The van der Waals surface area contributed by atoms with Crippen LogP contribution in [0.25, 0.3) is 10.8 Å². The molecule has 6 nitrogen and oxygen atoms in total. The van der Waals surface area contributed by atoms with Gasteiger partial charge in [0, 0.05) is 31.6 Å². The summed E-state index contributed by atoms with van der Waals surface area (Å²) in [5, 5.41) is 5.00. The van der Waals surface area contributed by atoms with Crippen molar-refractivity contribution in [1.82, 2.24) is 9.21 Å². The van der Waals surface area contributed by atoms with E-state index in [1.807, 2.05) is 62.4 Å². The minimum atomic E-state index is -3.56. The summed E-state index contributed by atoms with van der Waals surface area (Å²) in [7, 11) is -3.56. The molecule has 0 saturated carbocycles. The van der Waals surface area contributed by atoms with Gasteiger partial charge in [0.25, 0.3) is 0 Å². The number of benzene rings is 3. The third-order valence-corrected chi connectivity index (χ3v) is 7.57. The molecule has 0 spiro atoms. The number of rotatable bonds is 3. The van der Waals surface area contributed by atoms with Crippen LogP contribution in [0.15, 0.2) is 65.6 Å². The number of sulfonamides is 1. The Hall–Kier alpha value is -2.90. The van der Waals surface area contributed by atoms with Crippen LogP contribution >= 0.6 is 0 Å². The Labute approximate surface area is 177 Å². The molecule has 0 bridgehead atoms. The maximum atomic E-state index is 13.0. The largest absolute Gasteiger partial charge is 0.322 e. The maximum absolute atomic E-state index is 13.0. The highest BCUT2D eigenvalue weighted by molar-refractivity contribution is 7.89. The summed E-state index contributed by atoms with van der Waals surface area (Å²) in [6, 6.07) is 18.6. The van der Waals surface area contributed by atoms with Gasteiger partial charge < -0.3 is 10.2 Å². The van der Waals surface area contributed by atoms with Crippen molar-refractivity contribution in [3.63, 3.8) is 0 Å². The van der Waals surface area contributed by atoms with E-state index in [9.17, 15) is 13.2 Å². The van der Waals surface area contributed by atoms with E-state index in [0.717, 1.165) is 27.6 Å². The summed E-state index contributed by atoms with van der Waals surface area (Å²) < 4.78 is 27.4. The molecule has 30 heavy (non-hydrogen) atoms. The smallest absolute Gasteiger partial charge is 0.321 e. The van der Waals surface area contributed by atoms with Gasteiger partial charge in [0.05, 0.1) is 10.6 Å². The molecule has 3 aromatic rings. The number of anilines is 1. The van der Waals surface area contributed by atoms with Crippen molar-refractivity contribution in [1.29, 1.82) is 0 Å². The number of aryl methyl sites for hydroxylation is 2. The molecule has 1 fully saturated rings.